The molecular formula is C22H35NO3. The van der Waals surface area contributed by atoms with E-state index in [-0.39, 0.29) is 12.4 Å². The number of allylic oxidation sites excluding steroid dienone is 1. The minimum atomic E-state index is -0.442. The van der Waals surface area contributed by atoms with Crippen molar-refractivity contribution in [2.75, 3.05) is 6.61 Å². The fraction of sp³-hybridized carbons (Fsp3) is 0.636. The zero-order chi connectivity index (χ0) is 19.0. The molecule has 1 rings (SSSR count). The average Bonchev–Trinajstić information content (AvgIpc) is 2.63. The van der Waals surface area contributed by atoms with Crippen molar-refractivity contribution in [1.29, 1.82) is 0 Å². The molecule has 0 spiro atoms. The van der Waals surface area contributed by atoms with Crippen LogP contribution in [0.1, 0.15) is 82.5 Å². The van der Waals surface area contributed by atoms with Crippen LogP contribution in [0.2, 0.25) is 0 Å². The van der Waals surface area contributed by atoms with Crippen LogP contribution in [0.4, 0.5) is 0 Å². The summed E-state index contributed by atoms with van der Waals surface area (Å²) in [5.74, 6) is 0.150. The normalized spacial score (nSPS) is 12.6. The fourth-order valence-corrected chi connectivity index (χ4v) is 2.88. The van der Waals surface area contributed by atoms with E-state index in [1.807, 2.05) is 18.2 Å². The topological polar surface area (TPSA) is 70.4 Å². The van der Waals surface area contributed by atoms with Gasteiger partial charge in [-0.3, -0.25) is 9.78 Å². The molecule has 1 atom stereocenters. The number of unbranched alkanes of at least 4 members (excludes halogenated alkanes) is 6. The molecule has 0 aliphatic carbocycles. The van der Waals surface area contributed by atoms with Crippen molar-refractivity contribution < 1.29 is 15.0 Å². The third-order valence-electron chi connectivity index (χ3n) is 4.44. The van der Waals surface area contributed by atoms with Crippen LogP contribution in [-0.4, -0.2) is 33.7 Å². The minimum absolute atomic E-state index is 0.150. The number of aromatic nitrogens is 1. The van der Waals surface area contributed by atoms with E-state index in [4.69, 9.17) is 5.11 Å². The van der Waals surface area contributed by atoms with Crippen molar-refractivity contribution in [3.05, 3.63) is 35.7 Å². The lowest BCUT2D eigenvalue weighted by atomic mass is 10.1. The molecule has 0 fully saturated rings. The molecular weight excluding hydrogens is 326 g/mol. The third kappa shape index (κ3) is 11.2. The number of aliphatic hydroxyl groups is 2. The summed E-state index contributed by atoms with van der Waals surface area (Å²) in [7, 11) is 0. The van der Waals surface area contributed by atoms with Gasteiger partial charge in [0.1, 0.15) is 0 Å². The molecule has 26 heavy (non-hydrogen) atoms. The van der Waals surface area contributed by atoms with Gasteiger partial charge in [-0.05, 0) is 50.0 Å². The van der Waals surface area contributed by atoms with Gasteiger partial charge < -0.3 is 10.2 Å². The summed E-state index contributed by atoms with van der Waals surface area (Å²) in [5, 5.41) is 18.8. The number of carbonyl (C=O) groups is 1. The molecule has 0 aliphatic heterocycles. The lowest BCUT2D eigenvalue weighted by Crippen LogP contribution is -2.11. The van der Waals surface area contributed by atoms with Crippen molar-refractivity contribution in [2.24, 2.45) is 0 Å². The molecule has 0 bridgehead atoms. The highest BCUT2D eigenvalue weighted by Crippen LogP contribution is 2.10. The number of hydrogen-bond acceptors (Lipinski definition) is 4. The predicted molar refractivity (Wildman–Crippen MR) is 107 cm³/mol. The van der Waals surface area contributed by atoms with Crippen LogP contribution < -0.4 is 0 Å². The zero-order valence-corrected chi connectivity index (χ0v) is 16.2. The van der Waals surface area contributed by atoms with Gasteiger partial charge in [0.25, 0.3) is 0 Å². The third-order valence-corrected chi connectivity index (χ3v) is 4.44. The Morgan fingerprint density at radius 3 is 2.65 bits per heavy atom. The summed E-state index contributed by atoms with van der Waals surface area (Å²) in [4.78, 5) is 16.4. The molecule has 2 N–H and O–H groups in total. The van der Waals surface area contributed by atoms with Crippen LogP contribution in [0.5, 0.6) is 0 Å². The molecule has 1 aromatic rings. The van der Waals surface area contributed by atoms with Gasteiger partial charge in [0.15, 0.2) is 5.78 Å². The maximum Gasteiger partial charge on any atom is 0.155 e. The Morgan fingerprint density at radius 2 is 1.88 bits per heavy atom. The number of hydrogen-bond donors (Lipinski definition) is 2. The average molecular weight is 362 g/mol. The highest BCUT2D eigenvalue weighted by atomic mass is 16.3. The van der Waals surface area contributed by atoms with Gasteiger partial charge in [-0.2, -0.15) is 0 Å². The summed E-state index contributed by atoms with van der Waals surface area (Å²) in [6.07, 6.45) is 13.3. The summed E-state index contributed by atoms with van der Waals surface area (Å²) in [5.41, 5.74) is 1.58. The number of pyridine rings is 1. The first kappa shape index (κ1) is 22.5. The molecule has 0 aromatic carbocycles. The summed E-state index contributed by atoms with van der Waals surface area (Å²) < 4.78 is 0. The monoisotopic (exact) mass is 361 g/mol. The van der Waals surface area contributed by atoms with Gasteiger partial charge in [-0.25, -0.2) is 0 Å². The first-order chi connectivity index (χ1) is 12.7. The van der Waals surface area contributed by atoms with Gasteiger partial charge in [0, 0.05) is 25.1 Å². The van der Waals surface area contributed by atoms with E-state index in [1.165, 1.54) is 25.7 Å². The van der Waals surface area contributed by atoms with Gasteiger partial charge in [-0.1, -0.05) is 45.1 Å². The zero-order valence-electron chi connectivity index (χ0n) is 16.2. The summed E-state index contributed by atoms with van der Waals surface area (Å²) in [6.45, 7) is 2.37. The molecule has 1 heterocycles. The lowest BCUT2D eigenvalue weighted by Gasteiger charge is -2.09. The van der Waals surface area contributed by atoms with E-state index in [0.29, 0.717) is 25.7 Å². The molecule has 0 saturated heterocycles. The standard InChI is InChI=1S/C22H35NO3/c1-2-3-4-5-6-7-13-21(25)16-15-19-11-10-12-20(23-19)18-22(26)14-8-9-17-24/h10-12,15-16,22,24,26H,2-9,13-14,17-18H2,1H3. The molecule has 0 radical (unpaired) electrons. The Labute approximate surface area is 158 Å². The van der Waals surface area contributed by atoms with Gasteiger partial charge in [0.05, 0.1) is 11.8 Å². The number of carbonyl (C=O) groups excluding carboxylic acids is 1. The molecule has 0 amide bonds. The SMILES string of the molecule is CCCCCCCCC(=O)C=Cc1cccc(CC(O)CCCCO)n1. The predicted octanol–water partition coefficient (Wildman–Crippen LogP) is 4.48. The van der Waals surface area contributed by atoms with Crippen LogP contribution in [0.15, 0.2) is 24.3 Å². The molecule has 1 aromatic heterocycles. The van der Waals surface area contributed by atoms with Gasteiger partial charge in [0.2, 0.25) is 0 Å². The van der Waals surface area contributed by atoms with Crippen molar-refractivity contribution in [3.8, 4) is 0 Å². The fourth-order valence-electron chi connectivity index (χ4n) is 2.88. The Kier molecular flexibility index (Phi) is 12.7. The van der Waals surface area contributed by atoms with E-state index in [2.05, 4.69) is 11.9 Å². The second-order valence-corrected chi connectivity index (χ2v) is 6.95. The van der Waals surface area contributed by atoms with E-state index in [0.717, 1.165) is 30.7 Å². The Hall–Kier alpha value is -1.52. The largest absolute Gasteiger partial charge is 0.396 e. The van der Waals surface area contributed by atoms with Crippen LogP contribution in [-0.2, 0) is 11.2 Å². The summed E-state index contributed by atoms with van der Waals surface area (Å²) in [6, 6.07) is 5.67. The van der Waals surface area contributed by atoms with Crippen LogP contribution in [0, 0.1) is 0 Å². The molecule has 4 nitrogen and oxygen atoms in total. The second kappa shape index (κ2) is 14.6. The smallest absolute Gasteiger partial charge is 0.155 e. The van der Waals surface area contributed by atoms with Crippen molar-refractivity contribution in [3.63, 3.8) is 0 Å². The van der Waals surface area contributed by atoms with Crippen molar-refractivity contribution in [1.82, 2.24) is 4.98 Å². The number of aliphatic hydroxyl groups excluding tert-OH is 2. The first-order valence-corrected chi connectivity index (χ1v) is 10.1. The van der Waals surface area contributed by atoms with Crippen molar-refractivity contribution in [2.45, 2.75) is 83.7 Å². The van der Waals surface area contributed by atoms with Crippen LogP contribution in [0.3, 0.4) is 0 Å². The van der Waals surface area contributed by atoms with E-state index in [1.54, 1.807) is 12.2 Å². The van der Waals surface area contributed by atoms with Crippen molar-refractivity contribution >= 4 is 11.9 Å². The second-order valence-electron chi connectivity index (χ2n) is 6.95. The molecule has 0 aliphatic rings. The lowest BCUT2D eigenvalue weighted by molar-refractivity contribution is -0.114. The number of ketones is 1. The highest BCUT2D eigenvalue weighted by molar-refractivity contribution is 5.93. The quantitative estimate of drug-likeness (QED) is 0.357. The molecule has 4 heteroatoms. The Morgan fingerprint density at radius 1 is 1.12 bits per heavy atom. The van der Waals surface area contributed by atoms with E-state index >= 15 is 0 Å². The van der Waals surface area contributed by atoms with E-state index < -0.39 is 6.10 Å². The number of rotatable bonds is 15. The minimum Gasteiger partial charge on any atom is -0.396 e. The molecule has 1 unspecified atom stereocenters. The maximum atomic E-state index is 11.9. The van der Waals surface area contributed by atoms with Gasteiger partial charge in [-0.15, -0.1) is 0 Å². The first-order valence-electron chi connectivity index (χ1n) is 10.1. The Bertz CT molecular complexity index is 528. The van der Waals surface area contributed by atoms with E-state index in [9.17, 15) is 9.90 Å². The summed E-state index contributed by atoms with van der Waals surface area (Å²) >= 11 is 0. The Balaban J connectivity index is 2.35. The maximum absolute atomic E-state index is 11.9. The van der Waals surface area contributed by atoms with Crippen LogP contribution in [0.25, 0.3) is 6.08 Å². The molecule has 146 valence electrons. The number of nitrogens with zero attached hydrogens (tertiary/aromatic N) is 1. The molecule has 0 saturated carbocycles. The van der Waals surface area contributed by atoms with Gasteiger partial charge >= 0.3 is 0 Å². The highest BCUT2D eigenvalue weighted by Gasteiger charge is 2.07. The van der Waals surface area contributed by atoms with Crippen LogP contribution >= 0.6 is 0 Å².